The lowest BCUT2D eigenvalue weighted by Gasteiger charge is -2.35. The van der Waals surface area contributed by atoms with Gasteiger partial charge in [-0.3, -0.25) is 0 Å². The Morgan fingerprint density at radius 2 is 1.67 bits per heavy atom. The molecular weight excluding hydrogens is 222 g/mol. The van der Waals surface area contributed by atoms with E-state index in [4.69, 9.17) is 0 Å². The molecule has 0 bridgehead atoms. The van der Waals surface area contributed by atoms with Crippen molar-refractivity contribution in [3.63, 3.8) is 0 Å². The van der Waals surface area contributed by atoms with E-state index in [1.807, 2.05) is 6.92 Å². The van der Waals surface area contributed by atoms with Gasteiger partial charge >= 0.3 is 0 Å². The second-order valence-electron chi connectivity index (χ2n) is 6.59. The first kappa shape index (κ1) is 14.3. The van der Waals surface area contributed by atoms with Gasteiger partial charge in [0.15, 0.2) is 0 Å². The second-order valence-corrected chi connectivity index (χ2v) is 6.59. The van der Waals surface area contributed by atoms with Crippen molar-refractivity contribution in [1.82, 2.24) is 4.90 Å². The normalized spacial score (nSPS) is 30.0. The van der Waals surface area contributed by atoms with Gasteiger partial charge in [-0.25, -0.2) is 0 Å². The summed E-state index contributed by atoms with van der Waals surface area (Å²) in [6.45, 7) is 4.52. The molecule has 1 aliphatic carbocycles. The summed E-state index contributed by atoms with van der Waals surface area (Å²) >= 11 is 0. The lowest BCUT2D eigenvalue weighted by molar-refractivity contribution is 0.0950. The second kappa shape index (κ2) is 7.49. The van der Waals surface area contributed by atoms with Gasteiger partial charge in [0.2, 0.25) is 0 Å². The van der Waals surface area contributed by atoms with Crippen molar-refractivity contribution in [2.24, 2.45) is 5.92 Å². The van der Waals surface area contributed by atoms with E-state index < -0.39 is 0 Å². The molecule has 0 amide bonds. The molecule has 2 unspecified atom stereocenters. The summed E-state index contributed by atoms with van der Waals surface area (Å²) in [4.78, 5) is 2.72. The highest BCUT2D eigenvalue weighted by Gasteiger charge is 2.25. The average molecular weight is 253 g/mol. The van der Waals surface area contributed by atoms with Crippen molar-refractivity contribution >= 4 is 0 Å². The van der Waals surface area contributed by atoms with Crippen LogP contribution in [0.5, 0.6) is 0 Å². The maximum atomic E-state index is 9.69. The van der Waals surface area contributed by atoms with Crippen LogP contribution in [0, 0.1) is 5.92 Å². The average Bonchev–Trinajstić information content (AvgIpc) is 2.56. The fourth-order valence-corrected chi connectivity index (χ4v) is 3.84. The van der Waals surface area contributed by atoms with Gasteiger partial charge < -0.3 is 10.0 Å². The zero-order chi connectivity index (χ0) is 12.8. The maximum Gasteiger partial charge on any atom is 0.0527 e. The Balaban J connectivity index is 1.87. The quantitative estimate of drug-likeness (QED) is 0.828. The molecule has 1 saturated carbocycles. The Kier molecular flexibility index (Phi) is 5.97. The number of likely N-dealkylation sites (tertiary alicyclic amines) is 1. The van der Waals surface area contributed by atoms with E-state index in [0.717, 1.165) is 12.3 Å². The molecule has 1 aliphatic heterocycles. The molecule has 2 atom stereocenters. The summed E-state index contributed by atoms with van der Waals surface area (Å²) in [6, 6.07) is 0.648. The smallest absolute Gasteiger partial charge is 0.0527 e. The van der Waals surface area contributed by atoms with Crippen molar-refractivity contribution in [3.05, 3.63) is 0 Å². The number of aliphatic hydroxyl groups excluding tert-OH is 1. The molecule has 0 spiro atoms. The topological polar surface area (TPSA) is 23.5 Å². The Morgan fingerprint density at radius 1 is 1.00 bits per heavy atom. The van der Waals surface area contributed by atoms with Crippen LogP contribution >= 0.6 is 0 Å². The first-order chi connectivity index (χ1) is 8.75. The molecule has 1 N–H and O–H groups in total. The summed E-state index contributed by atoms with van der Waals surface area (Å²) in [6.07, 6.45) is 13.5. The van der Waals surface area contributed by atoms with Crippen LogP contribution < -0.4 is 0 Å². The maximum absolute atomic E-state index is 9.69. The van der Waals surface area contributed by atoms with Gasteiger partial charge in [0, 0.05) is 12.6 Å². The molecule has 0 aromatic heterocycles. The number of hydrogen-bond donors (Lipinski definition) is 1. The predicted octanol–water partition coefficient (Wildman–Crippen LogP) is 3.58. The Morgan fingerprint density at radius 3 is 2.39 bits per heavy atom. The molecule has 2 aliphatic rings. The third kappa shape index (κ3) is 4.55. The summed E-state index contributed by atoms with van der Waals surface area (Å²) in [5.74, 6) is 0.938. The van der Waals surface area contributed by atoms with Crippen molar-refractivity contribution in [3.8, 4) is 0 Å². The van der Waals surface area contributed by atoms with Crippen LogP contribution in [-0.2, 0) is 0 Å². The molecule has 0 radical (unpaired) electrons. The molecule has 18 heavy (non-hydrogen) atoms. The van der Waals surface area contributed by atoms with Crippen molar-refractivity contribution in [2.75, 3.05) is 13.1 Å². The fraction of sp³-hybridized carbons (Fsp3) is 1.00. The van der Waals surface area contributed by atoms with Gasteiger partial charge in [0.05, 0.1) is 6.10 Å². The van der Waals surface area contributed by atoms with Crippen LogP contribution in [0.15, 0.2) is 0 Å². The molecule has 0 aromatic rings. The predicted molar refractivity (Wildman–Crippen MR) is 76.7 cm³/mol. The van der Waals surface area contributed by atoms with Crippen LogP contribution in [0.1, 0.15) is 71.1 Å². The van der Waals surface area contributed by atoms with E-state index in [9.17, 15) is 5.11 Å². The van der Waals surface area contributed by atoms with Crippen molar-refractivity contribution in [2.45, 2.75) is 83.3 Å². The number of hydrogen-bond acceptors (Lipinski definition) is 2. The summed E-state index contributed by atoms with van der Waals surface area (Å²) in [5, 5.41) is 9.69. The van der Waals surface area contributed by atoms with Crippen LogP contribution in [-0.4, -0.2) is 35.2 Å². The molecule has 2 nitrogen and oxygen atoms in total. The summed E-state index contributed by atoms with van der Waals surface area (Å²) < 4.78 is 0. The van der Waals surface area contributed by atoms with Gasteiger partial charge in [-0.1, -0.05) is 32.1 Å². The summed E-state index contributed by atoms with van der Waals surface area (Å²) in [5.41, 5.74) is 0. The molecular formula is C16H31NO. The highest BCUT2D eigenvalue weighted by atomic mass is 16.3. The van der Waals surface area contributed by atoms with Crippen molar-refractivity contribution in [1.29, 1.82) is 0 Å². The van der Waals surface area contributed by atoms with Crippen LogP contribution in [0.25, 0.3) is 0 Å². The Bertz CT molecular complexity index is 223. The minimum Gasteiger partial charge on any atom is -0.393 e. The van der Waals surface area contributed by atoms with Gasteiger partial charge in [-0.2, -0.15) is 0 Å². The highest BCUT2D eigenvalue weighted by Crippen LogP contribution is 2.28. The Labute approximate surface area is 113 Å². The van der Waals surface area contributed by atoms with Crippen molar-refractivity contribution < 1.29 is 5.11 Å². The highest BCUT2D eigenvalue weighted by molar-refractivity contribution is 4.80. The minimum absolute atomic E-state index is 0.137. The lowest BCUT2D eigenvalue weighted by atomic mass is 9.88. The monoisotopic (exact) mass is 253 g/mol. The van der Waals surface area contributed by atoms with Crippen LogP contribution in [0.3, 0.4) is 0 Å². The van der Waals surface area contributed by atoms with Crippen LogP contribution in [0.4, 0.5) is 0 Å². The molecule has 2 rings (SSSR count). The largest absolute Gasteiger partial charge is 0.393 e. The zero-order valence-electron chi connectivity index (χ0n) is 12.1. The molecule has 2 heteroatoms. The van der Waals surface area contributed by atoms with Gasteiger partial charge in [-0.15, -0.1) is 0 Å². The lowest BCUT2D eigenvalue weighted by Crippen LogP contribution is -2.40. The number of rotatable bonds is 4. The third-order valence-corrected chi connectivity index (χ3v) is 4.83. The Hall–Kier alpha value is -0.0800. The molecule has 1 saturated heterocycles. The zero-order valence-corrected chi connectivity index (χ0v) is 12.1. The van der Waals surface area contributed by atoms with E-state index in [1.54, 1.807) is 0 Å². The van der Waals surface area contributed by atoms with E-state index in [0.29, 0.717) is 6.04 Å². The van der Waals surface area contributed by atoms with Gasteiger partial charge in [-0.05, 0) is 51.5 Å². The minimum atomic E-state index is -0.137. The van der Waals surface area contributed by atoms with Gasteiger partial charge in [0.1, 0.15) is 0 Å². The fourth-order valence-electron chi connectivity index (χ4n) is 3.84. The van der Waals surface area contributed by atoms with E-state index in [1.165, 1.54) is 70.9 Å². The molecule has 0 aromatic carbocycles. The molecule has 1 heterocycles. The molecule has 106 valence electrons. The summed E-state index contributed by atoms with van der Waals surface area (Å²) in [7, 11) is 0. The first-order valence-electron chi connectivity index (χ1n) is 8.18. The van der Waals surface area contributed by atoms with E-state index >= 15 is 0 Å². The first-order valence-corrected chi connectivity index (χ1v) is 8.18. The van der Waals surface area contributed by atoms with Crippen LogP contribution in [0.2, 0.25) is 0 Å². The third-order valence-electron chi connectivity index (χ3n) is 4.83. The molecule has 2 fully saturated rings. The van der Waals surface area contributed by atoms with E-state index in [2.05, 4.69) is 4.90 Å². The van der Waals surface area contributed by atoms with E-state index in [-0.39, 0.29) is 6.10 Å². The number of nitrogens with zero attached hydrogens (tertiary/aromatic N) is 1. The standard InChI is InChI=1S/C16H31NO/c1-14(18)12-16-10-6-3-7-11-17(16)13-15-8-4-2-5-9-15/h14-16,18H,2-13H2,1H3. The van der Waals surface area contributed by atoms with Gasteiger partial charge in [0.25, 0.3) is 0 Å². The SMILES string of the molecule is CC(O)CC1CCCCCN1CC1CCCCC1. The number of aliphatic hydroxyl groups is 1.